The third-order valence-corrected chi connectivity index (χ3v) is 6.57. The van der Waals surface area contributed by atoms with Gasteiger partial charge in [-0.1, -0.05) is 47.9 Å². The summed E-state index contributed by atoms with van der Waals surface area (Å²) in [5.74, 6) is 7.44. The molecule has 2 aromatic rings. The smallest absolute Gasteiger partial charge is 0.416 e. The van der Waals surface area contributed by atoms with Crippen LogP contribution in [-0.2, 0) is 4.74 Å². The molecule has 1 unspecified atom stereocenters. The highest BCUT2D eigenvalue weighted by Crippen LogP contribution is 2.35. The van der Waals surface area contributed by atoms with Crippen LogP contribution in [0.5, 0.6) is 11.5 Å². The maximum atomic E-state index is 13.3. The predicted octanol–water partition coefficient (Wildman–Crippen LogP) is 6.59. The molecule has 1 aliphatic carbocycles. The van der Waals surface area contributed by atoms with Crippen LogP contribution < -0.4 is 9.47 Å². The van der Waals surface area contributed by atoms with Crippen molar-refractivity contribution >= 4 is 23.0 Å². The first kappa shape index (κ1) is 28.9. The largest absolute Gasteiger partial charge is 0.493 e. The topological polar surface area (TPSA) is 84.1 Å². The Hall–Kier alpha value is -3.62. The molecule has 1 aliphatic rings. The SMILES string of the molecule is COc1ccc(C(C#Cc2ccccc2)CN(C(=O)OC(C)(C)C)C(=NC#N)SC)cc1OC1CCCC1. The summed E-state index contributed by atoms with van der Waals surface area (Å²) in [5.41, 5.74) is 0.986. The Kier molecular flexibility index (Phi) is 10.5. The van der Waals surface area contributed by atoms with Crippen LogP contribution in [0.15, 0.2) is 53.5 Å². The third kappa shape index (κ3) is 8.46. The normalized spacial score (nSPS) is 14.6. The Morgan fingerprint density at radius 3 is 2.47 bits per heavy atom. The molecule has 0 bridgehead atoms. The molecule has 7 nitrogen and oxygen atoms in total. The number of amidine groups is 1. The molecule has 1 atom stereocenters. The summed E-state index contributed by atoms with van der Waals surface area (Å²) in [6, 6.07) is 15.4. The van der Waals surface area contributed by atoms with Gasteiger partial charge in [-0.3, -0.25) is 4.90 Å². The fourth-order valence-corrected chi connectivity index (χ4v) is 4.61. The van der Waals surface area contributed by atoms with Gasteiger partial charge in [0.25, 0.3) is 0 Å². The number of nitrogens with zero attached hydrogens (tertiary/aromatic N) is 3. The van der Waals surface area contributed by atoms with E-state index >= 15 is 0 Å². The molecular formula is C30H35N3O4S. The first-order valence-corrected chi connectivity index (χ1v) is 13.9. The Bertz CT molecular complexity index is 1220. The van der Waals surface area contributed by atoms with E-state index in [-0.39, 0.29) is 17.8 Å². The number of amides is 1. The number of carbonyl (C=O) groups is 1. The van der Waals surface area contributed by atoms with Gasteiger partial charge >= 0.3 is 6.09 Å². The van der Waals surface area contributed by atoms with Crippen molar-refractivity contribution in [1.82, 2.24) is 4.90 Å². The number of thioether (sulfide) groups is 1. The van der Waals surface area contributed by atoms with Crippen molar-refractivity contribution < 1.29 is 19.0 Å². The van der Waals surface area contributed by atoms with Gasteiger partial charge in [-0.2, -0.15) is 5.26 Å². The summed E-state index contributed by atoms with van der Waals surface area (Å²) in [5, 5.41) is 9.52. The van der Waals surface area contributed by atoms with E-state index < -0.39 is 17.6 Å². The highest BCUT2D eigenvalue weighted by atomic mass is 32.2. The molecule has 38 heavy (non-hydrogen) atoms. The van der Waals surface area contributed by atoms with Crippen molar-refractivity contribution in [2.24, 2.45) is 4.99 Å². The quantitative estimate of drug-likeness (QED) is 0.180. The zero-order valence-electron chi connectivity index (χ0n) is 22.7. The van der Waals surface area contributed by atoms with Gasteiger partial charge < -0.3 is 14.2 Å². The van der Waals surface area contributed by atoms with Gasteiger partial charge in [0.1, 0.15) is 5.60 Å². The van der Waals surface area contributed by atoms with E-state index in [1.807, 2.05) is 48.5 Å². The summed E-state index contributed by atoms with van der Waals surface area (Å²) >= 11 is 1.20. The van der Waals surface area contributed by atoms with Crippen molar-refractivity contribution in [3.63, 3.8) is 0 Å². The maximum Gasteiger partial charge on any atom is 0.416 e. The lowest BCUT2D eigenvalue weighted by Crippen LogP contribution is -2.41. The molecule has 0 aromatic heterocycles. The lowest BCUT2D eigenvalue weighted by molar-refractivity contribution is 0.0372. The summed E-state index contributed by atoms with van der Waals surface area (Å²) in [4.78, 5) is 18.5. The predicted molar refractivity (Wildman–Crippen MR) is 151 cm³/mol. The molecule has 0 N–H and O–H groups in total. The minimum Gasteiger partial charge on any atom is -0.493 e. The van der Waals surface area contributed by atoms with Gasteiger partial charge in [-0.25, -0.2) is 4.79 Å². The van der Waals surface area contributed by atoms with Crippen molar-refractivity contribution in [2.75, 3.05) is 19.9 Å². The molecule has 0 aliphatic heterocycles. The van der Waals surface area contributed by atoms with Crippen LogP contribution >= 0.6 is 11.8 Å². The van der Waals surface area contributed by atoms with E-state index in [1.165, 1.54) is 16.7 Å². The van der Waals surface area contributed by atoms with E-state index in [4.69, 9.17) is 14.2 Å². The minimum absolute atomic E-state index is 0.130. The number of rotatable bonds is 6. The highest BCUT2D eigenvalue weighted by molar-refractivity contribution is 8.13. The number of hydrogen-bond acceptors (Lipinski definition) is 7. The van der Waals surface area contributed by atoms with Gasteiger partial charge in [-0.05, 0) is 82.5 Å². The van der Waals surface area contributed by atoms with E-state index in [0.717, 1.165) is 36.8 Å². The summed E-state index contributed by atoms with van der Waals surface area (Å²) < 4.78 is 17.6. The zero-order chi connectivity index (χ0) is 27.5. The van der Waals surface area contributed by atoms with E-state index in [1.54, 1.807) is 40.3 Å². The van der Waals surface area contributed by atoms with Gasteiger partial charge in [0.05, 0.1) is 19.1 Å². The molecule has 2 aromatic carbocycles. The summed E-state index contributed by atoms with van der Waals surface area (Å²) in [6.45, 7) is 5.52. The number of carbonyl (C=O) groups excluding carboxylic acids is 1. The second-order valence-electron chi connectivity index (χ2n) is 9.91. The first-order chi connectivity index (χ1) is 18.2. The zero-order valence-corrected chi connectivity index (χ0v) is 23.5. The lowest BCUT2D eigenvalue weighted by Gasteiger charge is -2.29. The maximum absolute atomic E-state index is 13.3. The fraction of sp³-hybridized carbons (Fsp3) is 0.433. The van der Waals surface area contributed by atoms with Crippen molar-refractivity contribution in [3.8, 4) is 29.5 Å². The average molecular weight is 534 g/mol. The van der Waals surface area contributed by atoms with E-state index in [2.05, 4.69) is 16.8 Å². The van der Waals surface area contributed by atoms with E-state index in [0.29, 0.717) is 11.5 Å². The molecule has 1 fully saturated rings. The van der Waals surface area contributed by atoms with E-state index in [9.17, 15) is 10.1 Å². The second-order valence-corrected chi connectivity index (χ2v) is 10.7. The van der Waals surface area contributed by atoms with Crippen molar-refractivity contribution in [1.29, 1.82) is 5.26 Å². The van der Waals surface area contributed by atoms with Crippen LogP contribution in [0, 0.1) is 23.3 Å². The molecule has 0 spiro atoms. The Balaban J connectivity index is 2.05. The van der Waals surface area contributed by atoms with Gasteiger partial charge in [-0.15, -0.1) is 4.99 Å². The molecule has 0 radical (unpaired) electrons. The number of nitriles is 1. The summed E-state index contributed by atoms with van der Waals surface area (Å²) in [7, 11) is 1.62. The molecule has 8 heteroatoms. The molecule has 0 heterocycles. The second kappa shape index (κ2) is 13.8. The summed E-state index contributed by atoms with van der Waals surface area (Å²) in [6.07, 6.45) is 7.44. The molecule has 1 amide bonds. The molecule has 200 valence electrons. The fourth-order valence-electron chi connectivity index (χ4n) is 4.10. The van der Waals surface area contributed by atoms with Crippen molar-refractivity contribution in [3.05, 3.63) is 59.7 Å². The third-order valence-electron chi connectivity index (χ3n) is 5.89. The highest BCUT2D eigenvalue weighted by Gasteiger charge is 2.29. The van der Waals surface area contributed by atoms with Crippen LogP contribution in [-0.4, -0.2) is 47.8 Å². The Morgan fingerprint density at radius 1 is 1.16 bits per heavy atom. The molecular weight excluding hydrogens is 498 g/mol. The monoisotopic (exact) mass is 533 g/mol. The number of ether oxygens (including phenoxy) is 3. The Labute approximate surface area is 230 Å². The number of methoxy groups -OCH3 is 1. The van der Waals surface area contributed by atoms with Crippen LogP contribution in [0.4, 0.5) is 4.79 Å². The average Bonchev–Trinajstić information content (AvgIpc) is 3.40. The number of aliphatic imine (C=N–C) groups is 1. The Morgan fingerprint density at radius 2 is 1.87 bits per heavy atom. The minimum atomic E-state index is -0.723. The number of hydrogen-bond donors (Lipinski definition) is 0. The molecule has 1 saturated carbocycles. The first-order valence-electron chi connectivity index (χ1n) is 12.7. The number of benzene rings is 2. The van der Waals surface area contributed by atoms with Crippen LogP contribution in [0.2, 0.25) is 0 Å². The standard InChI is InChI=1S/C30H35N3O4S/c1-30(2,3)37-29(34)33(28(38-5)32-21-31)20-24(16-15-22-11-7-6-8-12-22)23-17-18-26(35-4)27(19-23)36-25-13-9-10-14-25/h6-8,11-12,17-19,24-25H,9-10,13-14,20H2,1-5H3. The van der Waals surface area contributed by atoms with Crippen LogP contribution in [0.1, 0.15) is 63.5 Å². The van der Waals surface area contributed by atoms with Gasteiger partial charge in [0, 0.05) is 12.1 Å². The van der Waals surface area contributed by atoms with Gasteiger partial charge in [0.15, 0.2) is 16.7 Å². The molecule has 0 saturated heterocycles. The van der Waals surface area contributed by atoms with Crippen LogP contribution in [0.25, 0.3) is 0 Å². The van der Waals surface area contributed by atoms with Gasteiger partial charge in [0.2, 0.25) is 6.19 Å². The lowest BCUT2D eigenvalue weighted by atomic mass is 9.98. The van der Waals surface area contributed by atoms with Crippen LogP contribution in [0.3, 0.4) is 0 Å². The molecule has 3 rings (SSSR count). The van der Waals surface area contributed by atoms with Crippen molar-refractivity contribution in [2.45, 2.75) is 64.1 Å².